The lowest BCUT2D eigenvalue weighted by atomic mass is 9.95. The Labute approximate surface area is 285 Å². The van der Waals surface area contributed by atoms with Crippen molar-refractivity contribution in [1.29, 1.82) is 5.26 Å². The van der Waals surface area contributed by atoms with Gasteiger partial charge in [-0.3, -0.25) is 9.36 Å². The van der Waals surface area contributed by atoms with Gasteiger partial charge in [-0.15, -0.1) is 0 Å². The fourth-order valence-corrected chi connectivity index (χ4v) is 7.51. The number of esters is 1. The smallest absolute Gasteiger partial charge is 0.434 e. The molecule has 4 aromatic rings. The summed E-state index contributed by atoms with van der Waals surface area (Å²) in [7, 11) is 0. The van der Waals surface area contributed by atoms with Gasteiger partial charge in [0.05, 0.1) is 38.0 Å². The lowest BCUT2D eigenvalue weighted by molar-refractivity contribution is -0.140. The highest BCUT2D eigenvalue weighted by Crippen LogP contribution is 2.38. The molecule has 0 fully saturated rings. The van der Waals surface area contributed by atoms with Crippen LogP contribution in [-0.4, -0.2) is 23.3 Å². The third-order valence-corrected chi connectivity index (χ3v) is 9.11. The summed E-state index contributed by atoms with van der Waals surface area (Å²) in [4.78, 5) is 30.6. The van der Waals surface area contributed by atoms with Crippen molar-refractivity contribution in [3.63, 3.8) is 0 Å². The van der Waals surface area contributed by atoms with Gasteiger partial charge in [-0.05, 0) is 71.5 Å². The van der Waals surface area contributed by atoms with E-state index in [1.807, 2.05) is 0 Å². The molecule has 0 unspecified atom stereocenters. The van der Waals surface area contributed by atoms with Gasteiger partial charge in [0, 0.05) is 20.6 Å². The van der Waals surface area contributed by atoms with E-state index in [9.17, 15) is 28.0 Å². The van der Waals surface area contributed by atoms with Crippen LogP contribution in [0.5, 0.6) is 5.75 Å². The van der Waals surface area contributed by atoms with Crippen molar-refractivity contribution in [2.45, 2.75) is 25.7 Å². The number of thiazole rings is 1. The molecule has 0 saturated heterocycles. The Morgan fingerprint density at radius 2 is 1.93 bits per heavy atom. The standard InChI is InChI=1S/C31H19BrClF3IN3O4S/c1-2-43-29(42)24-25(16-7-9-21(33)10-8-16)40-28(41)23(45-30(40)39-27(24)31(34,35)36)12-19-11-20(32)13-22(37)26(19)44-15-18-6-4-3-5-17(18)14-38/h3-13,25H,2,15H2,1H3/b23-12-/t25-/m0/s1. The lowest BCUT2D eigenvalue weighted by Crippen LogP contribution is -2.41. The molecule has 0 bridgehead atoms. The molecule has 14 heteroatoms. The number of benzene rings is 3. The summed E-state index contributed by atoms with van der Waals surface area (Å²) in [6, 6.07) is 16.9. The van der Waals surface area contributed by atoms with Crippen molar-refractivity contribution in [1.82, 2.24) is 4.57 Å². The maximum absolute atomic E-state index is 14.4. The highest BCUT2D eigenvalue weighted by molar-refractivity contribution is 14.1. The van der Waals surface area contributed by atoms with Crippen LogP contribution >= 0.6 is 61.5 Å². The summed E-state index contributed by atoms with van der Waals surface area (Å²) >= 11 is 12.3. The van der Waals surface area contributed by atoms with Crippen LogP contribution < -0.4 is 19.6 Å². The van der Waals surface area contributed by atoms with E-state index in [0.717, 1.165) is 15.9 Å². The topological polar surface area (TPSA) is 93.7 Å². The summed E-state index contributed by atoms with van der Waals surface area (Å²) in [5.74, 6) is -0.840. The maximum Gasteiger partial charge on any atom is 0.434 e. The molecule has 0 amide bonds. The van der Waals surface area contributed by atoms with E-state index >= 15 is 0 Å². The van der Waals surface area contributed by atoms with Gasteiger partial charge in [-0.2, -0.15) is 18.4 Å². The number of nitriles is 1. The predicted molar refractivity (Wildman–Crippen MR) is 175 cm³/mol. The van der Waals surface area contributed by atoms with Crippen molar-refractivity contribution < 1.29 is 27.4 Å². The first kappa shape index (κ1) is 32.9. The molecule has 1 aromatic heterocycles. The average molecular weight is 829 g/mol. The second-order valence-electron chi connectivity index (χ2n) is 9.48. The van der Waals surface area contributed by atoms with Crippen molar-refractivity contribution >= 4 is 73.5 Å². The Bertz CT molecular complexity index is 2070. The van der Waals surface area contributed by atoms with E-state index in [4.69, 9.17) is 21.1 Å². The first-order valence-corrected chi connectivity index (χ1v) is 16.1. The van der Waals surface area contributed by atoms with Gasteiger partial charge in [-0.25, -0.2) is 9.79 Å². The van der Waals surface area contributed by atoms with Crippen LogP contribution in [0.15, 0.2) is 86.2 Å². The number of ether oxygens (including phenoxy) is 2. The van der Waals surface area contributed by atoms with Crippen molar-refractivity contribution in [2.75, 3.05) is 6.61 Å². The molecule has 1 aliphatic heterocycles. The second kappa shape index (κ2) is 13.5. The molecule has 1 aliphatic rings. The quantitative estimate of drug-likeness (QED) is 0.151. The predicted octanol–water partition coefficient (Wildman–Crippen LogP) is 6.81. The van der Waals surface area contributed by atoms with Crippen molar-refractivity contribution in [3.05, 3.63) is 127 Å². The van der Waals surface area contributed by atoms with Gasteiger partial charge in [-0.1, -0.05) is 69.2 Å². The van der Waals surface area contributed by atoms with Crippen LogP contribution in [0.3, 0.4) is 0 Å². The summed E-state index contributed by atoms with van der Waals surface area (Å²) < 4.78 is 56.8. The van der Waals surface area contributed by atoms with E-state index < -0.39 is 35.0 Å². The molecule has 5 rings (SSSR count). The monoisotopic (exact) mass is 827 g/mol. The molecular formula is C31H19BrClF3IN3O4S. The fourth-order valence-electron chi connectivity index (χ4n) is 4.69. The van der Waals surface area contributed by atoms with Gasteiger partial charge in [0.15, 0.2) is 10.5 Å². The Morgan fingerprint density at radius 3 is 2.60 bits per heavy atom. The number of carbonyl (C=O) groups is 1. The highest BCUT2D eigenvalue weighted by atomic mass is 127. The molecule has 0 saturated carbocycles. The molecular weight excluding hydrogens is 810 g/mol. The maximum atomic E-state index is 14.4. The average Bonchev–Trinajstić information content (AvgIpc) is 3.30. The number of nitrogens with zero attached hydrogens (tertiary/aromatic N) is 3. The number of hydrogen-bond acceptors (Lipinski definition) is 7. The van der Waals surface area contributed by atoms with Crippen LogP contribution in [0.25, 0.3) is 6.08 Å². The number of alkyl halides is 3. The molecule has 7 nitrogen and oxygen atoms in total. The zero-order chi connectivity index (χ0) is 32.5. The molecule has 45 heavy (non-hydrogen) atoms. The van der Waals surface area contributed by atoms with Crippen molar-refractivity contribution in [2.24, 2.45) is 4.99 Å². The normalized spacial score (nSPS) is 14.9. The molecule has 0 radical (unpaired) electrons. The number of rotatable bonds is 7. The van der Waals surface area contributed by atoms with Gasteiger partial charge in [0.25, 0.3) is 5.56 Å². The Balaban J connectivity index is 1.72. The summed E-state index contributed by atoms with van der Waals surface area (Å²) in [6.07, 6.45) is -3.52. The van der Waals surface area contributed by atoms with E-state index in [1.165, 1.54) is 37.3 Å². The molecule has 2 heterocycles. The third kappa shape index (κ3) is 6.89. The molecule has 1 atom stereocenters. The van der Waals surface area contributed by atoms with Crippen LogP contribution in [-0.2, 0) is 16.1 Å². The van der Waals surface area contributed by atoms with Gasteiger partial charge < -0.3 is 9.47 Å². The largest absolute Gasteiger partial charge is 0.487 e. The number of fused-ring (bicyclic) bond motifs is 1. The molecule has 0 N–H and O–H groups in total. The summed E-state index contributed by atoms with van der Waals surface area (Å²) in [5.41, 5.74) is -1.15. The van der Waals surface area contributed by atoms with Gasteiger partial charge in [0.2, 0.25) is 0 Å². The second-order valence-corrected chi connectivity index (χ2v) is 13.0. The Kier molecular flexibility index (Phi) is 9.88. The zero-order valence-electron chi connectivity index (χ0n) is 23.0. The minimum absolute atomic E-state index is 0.0514. The number of hydrogen-bond donors (Lipinski definition) is 0. The van der Waals surface area contributed by atoms with E-state index in [2.05, 4.69) is 49.6 Å². The lowest BCUT2D eigenvalue weighted by Gasteiger charge is -2.26. The number of allylic oxidation sites excluding steroid dienone is 1. The highest BCUT2D eigenvalue weighted by Gasteiger charge is 2.45. The van der Waals surface area contributed by atoms with Crippen LogP contribution in [0.4, 0.5) is 13.2 Å². The van der Waals surface area contributed by atoms with Gasteiger partial charge in [0.1, 0.15) is 12.4 Å². The first-order chi connectivity index (χ1) is 21.4. The third-order valence-electron chi connectivity index (χ3n) is 6.61. The minimum atomic E-state index is -5.02. The first-order valence-electron chi connectivity index (χ1n) is 13.1. The zero-order valence-corrected chi connectivity index (χ0v) is 28.3. The Hall–Kier alpha value is -3.45. The molecule has 3 aromatic carbocycles. The summed E-state index contributed by atoms with van der Waals surface area (Å²) in [6.45, 7) is 1.34. The van der Waals surface area contributed by atoms with Crippen molar-refractivity contribution in [3.8, 4) is 11.8 Å². The number of aromatic nitrogens is 1. The summed E-state index contributed by atoms with van der Waals surface area (Å²) in [5, 5.41) is 9.78. The van der Waals surface area contributed by atoms with Crippen LogP contribution in [0, 0.1) is 14.9 Å². The molecule has 230 valence electrons. The van der Waals surface area contributed by atoms with E-state index in [0.29, 0.717) is 35.5 Å². The van der Waals surface area contributed by atoms with Gasteiger partial charge >= 0.3 is 12.1 Å². The fraction of sp³-hybridized carbons (Fsp3) is 0.161. The van der Waals surface area contributed by atoms with E-state index in [1.54, 1.807) is 36.4 Å². The SMILES string of the molecule is CCOC(=O)C1=C(C(F)(F)F)N=c2s/c(=C\c3cc(Br)cc(I)c3OCc3ccccc3C#N)c(=O)n2[C@H]1c1ccc(Cl)cc1. The van der Waals surface area contributed by atoms with Crippen LogP contribution in [0.1, 0.15) is 35.2 Å². The number of halogens is 6. The Morgan fingerprint density at radius 1 is 1.22 bits per heavy atom. The minimum Gasteiger partial charge on any atom is -0.487 e. The number of carbonyl (C=O) groups excluding carboxylic acids is 1. The van der Waals surface area contributed by atoms with Crippen LogP contribution in [0.2, 0.25) is 5.02 Å². The molecule has 0 aliphatic carbocycles. The van der Waals surface area contributed by atoms with E-state index in [-0.39, 0.29) is 28.1 Å². The molecule has 0 spiro atoms.